The molecule has 0 unspecified atom stereocenters. The van der Waals surface area contributed by atoms with Crippen LogP contribution < -0.4 is 5.43 Å². The molecule has 0 atom stereocenters. The molecule has 0 bridgehead atoms. The lowest BCUT2D eigenvalue weighted by atomic mass is 10.4. The first-order chi connectivity index (χ1) is 7.18. The molecule has 0 saturated carbocycles. The number of nitrogens with one attached hydrogen (secondary N) is 1. The van der Waals surface area contributed by atoms with E-state index in [1.54, 1.807) is 0 Å². The highest BCUT2D eigenvalue weighted by Crippen LogP contribution is 2.15. The number of hydrogen-bond acceptors (Lipinski definition) is 3. The van der Waals surface area contributed by atoms with Crippen LogP contribution in [0.15, 0.2) is 40.3 Å². The van der Waals surface area contributed by atoms with Crippen LogP contribution in [-0.2, 0) is 4.79 Å². The van der Waals surface area contributed by atoms with Crippen LogP contribution in [0, 0.1) is 0 Å². The highest BCUT2D eigenvalue weighted by Gasteiger charge is 2.00. The van der Waals surface area contributed by atoms with Gasteiger partial charge in [0.25, 0.3) is 0 Å². The Hall–Kier alpha value is -1.29. The second kappa shape index (κ2) is 6.24. The number of nitrogens with zero attached hydrogens (tertiary/aromatic N) is 1. The van der Waals surface area contributed by atoms with E-state index < -0.39 is 0 Å². The van der Waals surface area contributed by atoms with Crippen molar-refractivity contribution in [1.82, 2.24) is 5.43 Å². The molecule has 1 aromatic carbocycles. The van der Waals surface area contributed by atoms with E-state index in [2.05, 4.69) is 10.5 Å². The summed E-state index contributed by atoms with van der Waals surface area (Å²) in [6.07, 6.45) is 0. The quantitative estimate of drug-likeness (QED) is 0.482. The monoisotopic (exact) mass is 222 g/mol. The molecule has 15 heavy (non-hydrogen) atoms. The van der Waals surface area contributed by atoms with Gasteiger partial charge in [0, 0.05) is 10.6 Å². The predicted octanol–water partition coefficient (Wildman–Crippen LogP) is 2.29. The van der Waals surface area contributed by atoms with E-state index >= 15 is 0 Å². The zero-order valence-corrected chi connectivity index (χ0v) is 9.67. The fourth-order valence-electron chi connectivity index (χ4n) is 0.872. The van der Waals surface area contributed by atoms with Crippen LogP contribution in [-0.4, -0.2) is 17.4 Å². The first-order valence-corrected chi connectivity index (χ1v) is 5.64. The zero-order valence-electron chi connectivity index (χ0n) is 8.86. The average molecular weight is 222 g/mol. The zero-order chi connectivity index (χ0) is 11.1. The third-order valence-electron chi connectivity index (χ3n) is 1.52. The molecular formula is C11H14N2OS. The van der Waals surface area contributed by atoms with Gasteiger partial charge in [-0.2, -0.15) is 5.10 Å². The molecule has 0 radical (unpaired) electrons. The van der Waals surface area contributed by atoms with Gasteiger partial charge in [-0.25, -0.2) is 5.43 Å². The molecule has 0 heterocycles. The molecule has 1 N–H and O–H groups in total. The van der Waals surface area contributed by atoms with Gasteiger partial charge in [0.1, 0.15) is 0 Å². The van der Waals surface area contributed by atoms with Crippen molar-refractivity contribution in [2.24, 2.45) is 5.10 Å². The van der Waals surface area contributed by atoms with Crippen LogP contribution in [0.4, 0.5) is 0 Å². The van der Waals surface area contributed by atoms with Crippen molar-refractivity contribution < 1.29 is 4.79 Å². The summed E-state index contributed by atoms with van der Waals surface area (Å²) in [5, 5.41) is 3.84. The standard InChI is InChI=1S/C11H14N2OS/c1-9(2)12-13-11(14)8-15-10-6-4-3-5-7-10/h3-7H,8H2,1-2H3,(H,13,14). The predicted molar refractivity (Wildman–Crippen MR) is 64.1 cm³/mol. The molecule has 0 saturated heterocycles. The minimum absolute atomic E-state index is 0.0787. The molecule has 0 aromatic heterocycles. The smallest absolute Gasteiger partial charge is 0.250 e. The van der Waals surface area contributed by atoms with Crippen LogP contribution in [0.2, 0.25) is 0 Å². The fraction of sp³-hybridized carbons (Fsp3) is 0.273. The largest absolute Gasteiger partial charge is 0.272 e. The van der Waals surface area contributed by atoms with E-state index in [0.29, 0.717) is 5.75 Å². The lowest BCUT2D eigenvalue weighted by molar-refractivity contribution is -0.118. The summed E-state index contributed by atoms with van der Waals surface area (Å²) in [4.78, 5) is 12.4. The van der Waals surface area contributed by atoms with Gasteiger partial charge >= 0.3 is 0 Å². The summed E-state index contributed by atoms with van der Waals surface area (Å²) >= 11 is 1.50. The van der Waals surface area contributed by atoms with E-state index in [1.165, 1.54) is 11.8 Å². The molecular weight excluding hydrogens is 208 g/mol. The van der Waals surface area contributed by atoms with Crippen molar-refractivity contribution in [2.45, 2.75) is 18.7 Å². The first kappa shape index (κ1) is 11.8. The van der Waals surface area contributed by atoms with Gasteiger partial charge in [0.2, 0.25) is 5.91 Å². The van der Waals surface area contributed by atoms with Crippen LogP contribution >= 0.6 is 11.8 Å². The molecule has 0 spiro atoms. The van der Waals surface area contributed by atoms with Crippen molar-refractivity contribution >= 4 is 23.4 Å². The number of benzene rings is 1. The Morgan fingerprint density at radius 2 is 2.00 bits per heavy atom. The number of carbonyl (C=O) groups is 1. The minimum Gasteiger partial charge on any atom is -0.272 e. The Labute approximate surface area is 94.0 Å². The van der Waals surface area contributed by atoms with Gasteiger partial charge in [0.15, 0.2) is 0 Å². The molecule has 1 aromatic rings. The lowest BCUT2D eigenvalue weighted by Crippen LogP contribution is -2.20. The summed E-state index contributed by atoms with van der Waals surface area (Å²) in [5.41, 5.74) is 3.32. The van der Waals surface area contributed by atoms with Crippen LogP contribution in [0.25, 0.3) is 0 Å². The van der Waals surface area contributed by atoms with Gasteiger partial charge in [-0.15, -0.1) is 11.8 Å². The summed E-state index contributed by atoms with van der Waals surface area (Å²) in [6, 6.07) is 9.82. The lowest BCUT2D eigenvalue weighted by Gasteiger charge is -2.00. The van der Waals surface area contributed by atoms with E-state index in [-0.39, 0.29) is 5.91 Å². The van der Waals surface area contributed by atoms with Crippen molar-refractivity contribution in [3.05, 3.63) is 30.3 Å². The van der Waals surface area contributed by atoms with Crippen LogP contribution in [0.1, 0.15) is 13.8 Å². The van der Waals surface area contributed by atoms with Crippen molar-refractivity contribution in [3.8, 4) is 0 Å². The maximum atomic E-state index is 11.3. The summed E-state index contributed by atoms with van der Waals surface area (Å²) in [6.45, 7) is 3.68. The molecule has 1 rings (SSSR count). The molecule has 0 aliphatic rings. The van der Waals surface area contributed by atoms with Gasteiger partial charge in [-0.3, -0.25) is 4.79 Å². The van der Waals surface area contributed by atoms with Gasteiger partial charge in [-0.05, 0) is 26.0 Å². The summed E-state index contributed by atoms with van der Waals surface area (Å²) in [5.74, 6) is 0.311. The SMILES string of the molecule is CC(C)=NNC(=O)CSc1ccccc1. The number of rotatable bonds is 4. The van der Waals surface area contributed by atoms with Crippen LogP contribution in [0.3, 0.4) is 0 Å². The third-order valence-corrected chi connectivity index (χ3v) is 2.53. The van der Waals surface area contributed by atoms with E-state index in [9.17, 15) is 4.79 Å². The molecule has 0 aliphatic heterocycles. The van der Waals surface area contributed by atoms with Gasteiger partial charge in [-0.1, -0.05) is 18.2 Å². The highest BCUT2D eigenvalue weighted by atomic mass is 32.2. The second-order valence-electron chi connectivity index (χ2n) is 3.20. The van der Waals surface area contributed by atoms with Gasteiger partial charge in [0.05, 0.1) is 5.75 Å². The number of thioether (sulfide) groups is 1. The average Bonchev–Trinajstić information content (AvgIpc) is 2.25. The second-order valence-corrected chi connectivity index (χ2v) is 4.24. The third kappa shape index (κ3) is 5.22. The Morgan fingerprint density at radius 1 is 1.33 bits per heavy atom. The Morgan fingerprint density at radius 3 is 2.60 bits per heavy atom. The highest BCUT2D eigenvalue weighted by molar-refractivity contribution is 8.00. The number of amides is 1. The molecule has 4 heteroatoms. The molecule has 0 fully saturated rings. The first-order valence-electron chi connectivity index (χ1n) is 4.66. The topological polar surface area (TPSA) is 41.5 Å². The van der Waals surface area contributed by atoms with Gasteiger partial charge < -0.3 is 0 Å². The van der Waals surface area contributed by atoms with E-state index in [0.717, 1.165) is 10.6 Å². The van der Waals surface area contributed by atoms with Crippen LogP contribution in [0.5, 0.6) is 0 Å². The van der Waals surface area contributed by atoms with Crippen molar-refractivity contribution in [1.29, 1.82) is 0 Å². The maximum absolute atomic E-state index is 11.3. The van der Waals surface area contributed by atoms with Crippen molar-refractivity contribution in [3.63, 3.8) is 0 Å². The fourth-order valence-corrected chi connectivity index (χ4v) is 1.58. The van der Waals surface area contributed by atoms with E-state index in [4.69, 9.17) is 0 Å². The number of hydrazone groups is 1. The summed E-state index contributed by atoms with van der Waals surface area (Å²) in [7, 11) is 0. The number of hydrogen-bond donors (Lipinski definition) is 1. The number of carbonyl (C=O) groups excluding carboxylic acids is 1. The Balaban J connectivity index is 2.32. The Bertz CT molecular complexity index is 345. The molecule has 80 valence electrons. The molecule has 0 aliphatic carbocycles. The molecule has 3 nitrogen and oxygen atoms in total. The normalized spacial score (nSPS) is 9.47. The van der Waals surface area contributed by atoms with E-state index in [1.807, 2.05) is 44.2 Å². The Kier molecular flexibility index (Phi) is 4.90. The molecule has 1 amide bonds. The summed E-state index contributed by atoms with van der Waals surface area (Å²) < 4.78 is 0. The maximum Gasteiger partial charge on any atom is 0.250 e. The minimum atomic E-state index is -0.0787. The van der Waals surface area contributed by atoms with Crippen molar-refractivity contribution in [2.75, 3.05) is 5.75 Å².